The molecule has 3 aliphatic rings. The van der Waals surface area contributed by atoms with Crippen LogP contribution in [0.2, 0.25) is 0 Å². The van der Waals surface area contributed by atoms with Crippen molar-refractivity contribution in [3.8, 4) is 0 Å². The summed E-state index contributed by atoms with van der Waals surface area (Å²) < 4.78 is 18.9. The van der Waals surface area contributed by atoms with Crippen LogP contribution >= 0.6 is 0 Å². The number of halogens is 1. The lowest BCUT2D eigenvalue weighted by Gasteiger charge is -2.43. The molecule has 0 bridgehead atoms. The normalized spacial score (nSPS) is 21.6. The number of anilines is 3. The van der Waals surface area contributed by atoms with Crippen LogP contribution in [0.25, 0.3) is 10.9 Å². The molecule has 11 heteroatoms. The first-order valence-corrected chi connectivity index (χ1v) is 18.5. The lowest BCUT2D eigenvalue weighted by molar-refractivity contribution is 0.0694. The number of carboxylic acids is 1. The molecule has 3 atom stereocenters. The number of H-pyrrole nitrogens is 1. The molecular formula is C40H48FN5O5. The predicted molar refractivity (Wildman–Crippen MR) is 198 cm³/mol. The number of hydrogen-bond donors (Lipinski definition) is 3. The molecule has 2 aromatic heterocycles. The molecule has 4 aromatic rings. The summed E-state index contributed by atoms with van der Waals surface area (Å²) in [6.45, 7) is 8.36. The largest absolute Gasteiger partial charge is 0.477 e. The van der Waals surface area contributed by atoms with Gasteiger partial charge in [-0.25, -0.2) is 14.0 Å². The van der Waals surface area contributed by atoms with Crippen molar-refractivity contribution in [2.24, 2.45) is 17.3 Å². The van der Waals surface area contributed by atoms with Gasteiger partial charge in [0.1, 0.15) is 17.2 Å². The fourth-order valence-electron chi connectivity index (χ4n) is 8.88. The second kappa shape index (κ2) is 13.8. The van der Waals surface area contributed by atoms with Crippen molar-refractivity contribution in [2.75, 3.05) is 23.3 Å². The number of hydrogen-bond acceptors (Lipinski definition) is 6. The maximum atomic E-state index is 15.8. The van der Waals surface area contributed by atoms with E-state index in [1.807, 2.05) is 22.8 Å². The number of benzene rings is 2. The number of carbonyl (C=O) groups is 1. The highest BCUT2D eigenvalue weighted by atomic mass is 19.1. The summed E-state index contributed by atoms with van der Waals surface area (Å²) in [5.74, 6) is -0.562. The van der Waals surface area contributed by atoms with Gasteiger partial charge in [0.05, 0.1) is 11.2 Å². The zero-order valence-corrected chi connectivity index (χ0v) is 29.8. The zero-order valence-electron chi connectivity index (χ0n) is 29.8. The van der Waals surface area contributed by atoms with Gasteiger partial charge in [0.25, 0.3) is 5.56 Å². The summed E-state index contributed by atoms with van der Waals surface area (Å²) in [5.41, 5.74) is 2.70. The summed E-state index contributed by atoms with van der Waals surface area (Å²) >= 11 is 0. The maximum absolute atomic E-state index is 15.8. The third-order valence-corrected chi connectivity index (χ3v) is 11.9. The number of pyridine rings is 1. The van der Waals surface area contributed by atoms with Gasteiger partial charge >= 0.3 is 11.7 Å². The van der Waals surface area contributed by atoms with Crippen LogP contribution in [0.4, 0.5) is 21.6 Å². The molecule has 1 aliphatic heterocycles. The first kappa shape index (κ1) is 34.8. The fourth-order valence-corrected chi connectivity index (χ4v) is 8.88. The summed E-state index contributed by atoms with van der Waals surface area (Å²) in [6.07, 6.45) is 11.1. The van der Waals surface area contributed by atoms with E-state index in [1.54, 1.807) is 6.07 Å². The summed E-state index contributed by atoms with van der Waals surface area (Å²) in [4.78, 5) is 55.5. The second-order valence-corrected chi connectivity index (χ2v) is 15.4. The van der Waals surface area contributed by atoms with Crippen molar-refractivity contribution in [3.05, 3.63) is 96.2 Å². The number of aromatic nitrogens is 3. The van der Waals surface area contributed by atoms with E-state index in [-0.39, 0.29) is 28.0 Å². The van der Waals surface area contributed by atoms with Gasteiger partial charge in [-0.1, -0.05) is 39.2 Å². The number of unbranched alkanes of at least 4 members (excludes halogenated alkanes) is 2. The van der Waals surface area contributed by atoms with Crippen LogP contribution in [0, 0.1) is 30.0 Å². The minimum absolute atomic E-state index is 0.0900. The average molecular weight is 698 g/mol. The molecule has 10 nitrogen and oxygen atoms in total. The van der Waals surface area contributed by atoms with Gasteiger partial charge in [-0.3, -0.25) is 19.1 Å². The molecule has 2 saturated carbocycles. The molecule has 0 amide bonds. The third-order valence-electron chi connectivity index (χ3n) is 11.9. The standard InChI is InChI=1S/C40H48FN5O5/c1-4-25-17-27(11-10-24(25)2)42-35-20-36(47)45(39(51)43-35)16-7-5-6-14-40(3)15-8-9-26-21-44(23-31(26)40)34-19-33-29(18-32(34)41)37(48)30(38(49)50)22-46(33)28-12-13-28/h10-11,17-20,22,26,28,31,42H,4-9,12-16,21,23H2,1-3H3,(H,43,51)(H,49,50)/t26?,31?,40-/m0/s1. The zero-order chi connectivity index (χ0) is 36.0. The Morgan fingerprint density at radius 2 is 1.86 bits per heavy atom. The van der Waals surface area contributed by atoms with Crippen molar-refractivity contribution in [2.45, 2.75) is 97.6 Å². The van der Waals surface area contributed by atoms with Crippen LogP contribution in [0.3, 0.4) is 0 Å². The maximum Gasteiger partial charge on any atom is 0.341 e. The lowest BCUT2D eigenvalue weighted by Crippen LogP contribution is -2.37. The molecule has 3 heterocycles. The molecule has 0 radical (unpaired) electrons. The molecular weight excluding hydrogens is 649 g/mol. The Morgan fingerprint density at radius 3 is 2.59 bits per heavy atom. The lowest BCUT2D eigenvalue weighted by atomic mass is 9.62. The van der Waals surface area contributed by atoms with Gasteiger partial charge in [0, 0.05) is 49.0 Å². The smallest absolute Gasteiger partial charge is 0.341 e. The van der Waals surface area contributed by atoms with Gasteiger partial charge in [-0.2, -0.15) is 0 Å². The molecule has 51 heavy (non-hydrogen) atoms. The average Bonchev–Trinajstić information content (AvgIpc) is 3.84. The first-order valence-electron chi connectivity index (χ1n) is 18.5. The number of aromatic amines is 1. The van der Waals surface area contributed by atoms with Crippen LogP contribution < -0.4 is 26.9 Å². The van der Waals surface area contributed by atoms with Gasteiger partial charge in [0.15, 0.2) is 0 Å². The number of carboxylic acid groups (broad SMARTS) is 1. The Morgan fingerprint density at radius 1 is 1.06 bits per heavy atom. The van der Waals surface area contributed by atoms with E-state index in [9.17, 15) is 24.3 Å². The van der Waals surface area contributed by atoms with Gasteiger partial charge in [-0.15, -0.1) is 0 Å². The van der Waals surface area contributed by atoms with Crippen LogP contribution in [-0.4, -0.2) is 38.3 Å². The minimum atomic E-state index is -1.29. The Bertz CT molecular complexity index is 2140. The number of aromatic carboxylic acids is 1. The fraction of sp³-hybridized carbons (Fsp3) is 0.500. The molecule has 2 aliphatic carbocycles. The molecule has 1 saturated heterocycles. The van der Waals surface area contributed by atoms with Crippen molar-refractivity contribution < 1.29 is 14.3 Å². The van der Waals surface area contributed by atoms with Gasteiger partial charge < -0.3 is 19.9 Å². The number of rotatable bonds is 12. The van der Waals surface area contributed by atoms with E-state index in [4.69, 9.17) is 0 Å². The van der Waals surface area contributed by atoms with Gasteiger partial charge in [-0.05, 0) is 105 Å². The summed E-state index contributed by atoms with van der Waals surface area (Å²) in [7, 11) is 0. The van der Waals surface area contributed by atoms with Crippen molar-refractivity contribution >= 4 is 34.1 Å². The number of nitrogens with zero attached hydrogens (tertiary/aromatic N) is 3. The van der Waals surface area contributed by atoms with E-state index in [0.717, 1.165) is 83.0 Å². The van der Waals surface area contributed by atoms with E-state index >= 15 is 4.39 Å². The van der Waals surface area contributed by atoms with E-state index in [0.29, 0.717) is 35.4 Å². The van der Waals surface area contributed by atoms with Crippen molar-refractivity contribution in [3.63, 3.8) is 0 Å². The van der Waals surface area contributed by atoms with E-state index in [1.165, 1.54) is 34.0 Å². The Hall–Kier alpha value is -4.67. The van der Waals surface area contributed by atoms with Gasteiger partial charge in [0.2, 0.25) is 5.43 Å². The molecule has 3 fully saturated rings. The quantitative estimate of drug-likeness (QED) is 0.134. The Balaban J connectivity index is 0.987. The molecule has 7 rings (SSSR count). The highest BCUT2D eigenvalue weighted by molar-refractivity contribution is 5.93. The molecule has 2 unspecified atom stereocenters. The van der Waals surface area contributed by atoms with Crippen LogP contribution in [0.15, 0.2) is 57.0 Å². The third kappa shape index (κ3) is 6.87. The molecule has 0 spiro atoms. The highest BCUT2D eigenvalue weighted by Crippen LogP contribution is 2.52. The molecule has 270 valence electrons. The minimum Gasteiger partial charge on any atom is -0.477 e. The van der Waals surface area contributed by atoms with Crippen LogP contribution in [-0.2, 0) is 13.0 Å². The monoisotopic (exact) mass is 697 g/mol. The van der Waals surface area contributed by atoms with Crippen molar-refractivity contribution in [1.29, 1.82) is 0 Å². The Kier molecular flexibility index (Phi) is 9.41. The number of fused-ring (bicyclic) bond motifs is 2. The van der Waals surface area contributed by atoms with Crippen LogP contribution in [0.1, 0.15) is 99.2 Å². The topological polar surface area (TPSA) is 129 Å². The summed E-state index contributed by atoms with van der Waals surface area (Å²) in [5, 5.41) is 12.9. The molecule has 3 N–H and O–H groups in total. The Labute approximate surface area is 296 Å². The summed E-state index contributed by atoms with van der Waals surface area (Å²) in [6, 6.07) is 10.6. The second-order valence-electron chi connectivity index (χ2n) is 15.4. The number of nitrogens with one attached hydrogen (secondary N) is 2. The number of aryl methyl sites for hydroxylation is 2. The SMILES string of the molecule is CCc1cc(Nc2cc(=O)n(CCCCC[C@@]3(C)CCCC4CN(c5cc6c(cc5F)c(=O)c(C(=O)O)cn6C5CC5)CC43)c(=O)[nH]2)ccc1C. The first-order chi connectivity index (χ1) is 24.5. The highest BCUT2D eigenvalue weighted by Gasteiger charge is 2.47. The molecule has 2 aromatic carbocycles. The van der Waals surface area contributed by atoms with E-state index in [2.05, 4.69) is 36.0 Å². The van der Waals surface area contributed by atoms with Crippen molar-refractivity contribution in [1.82, 2.24) is 14.1 Å². The van der Waals surface area contributed by atoms with E-state index < -0.39 is 22.9 Å². The van der Waals surface area contributed by atoms with Crippen LogP contribution in [0.5, 0.6) is 0 Å². The predicted octanol–water partition coefficient (Wildman–Crippen LogP) is 7.14.